The van der Waals surface area contributed by atoms with Crippen LogP contribution in [0.2, 0.25) is 0 Å². The molecule has 0 spiro atoms. The minimum Gasteiger partial charge on any atom is -0.311 e. The highest BCUT2D eigenvalue weighted by Crippen LogP contribution is 2.17. The van der Waals surface area contributed by atoms with Gasteiger partial charge in [-0.2, -0.15) is 5.26 Å². The number of nitriles is 1. The molecule has 1 rings (SSSR count). The van der Waals surface area contributed by atoms with E-state index in [1.54, 1.807) is 0 Å². The first-order chi connectivity index (χ1) is 8.30. The molecule has 0 aliphatic heterocycles. The lowest BCUT2D eigenvalue weighted by Crippen LogP contribution is -2.21. The van der Waals surface area contributed by atoms with Crippen molar-refractivity contribution in [1.29, 1.82) is 5.26 Å². The van der Waals surface area contributed by atoms with Gasteiger partial charge in [-0.25, -0.2) is 0 Å². The van der Waals surface area contributed by atoms with Crippen LogP contribution in [0.5, 0.6) is 0 Å². The molecule has 0 aliphatic carbocycles. The van der Waals surface area contributed by atoms with Crippen molar-refractivity contribution in [2.75, 3.05) is 12.3 Å². The number of hydrogen-bond acceptors (Lipinski definition) is 3. The lowest BCUT2D eigenvalue weighted by Gasteiger charge is -2.08. The summed E-state index contributed by atoms with van der Waals surface area (Å²) in [7, 11) is 0. The van der Waals surface area contributed by atoms with Gasteiger partial charge in [0.2, 0.25) is 0 Å². The second-order valence-corrected chi connectivity index (χ2v) is 5.28. The first-order valence-electron chi connectivity index (χ1n) is 6.12. The summed E-state index contributed by atoms with van der Waals surface area (Å²) in [6.45, 7) is 5.83. The topological polar surface area (TPSA) is 35.8 Å². The Hall–Kier alpha value is -0.980. The van der Waals surface area contributed by atoms with Crippen LogP contribution >= 0.6 is 11.8 Å². The number of nitrogens with one attached hydrogen (secondary N) is 1. The summed E-state index contributed by atoms with van der Waals surface area (Å²) in [4.78, 5) is 1.32. The first kappa shape index (κ1) is 14.1. The molecule has 0 saturated heterocycles. The fourth-order valence-corrected chi connectivity index (χ4v) is 2.20. The number of benzene rings is 1. The van der Waals surface area contributed by atoms with E-state index in [-0.39, 0.29) is 5.92 Å². The van der Waals surface area contributed by atoms with Gasteiger partial charge in [0, 0.05) is 18.0 Å². The molecule has 17 heavy (non-hydrogen) atoms. The molecular formula is C14H20N2S. The van der Waals surface area contributed by atoms with Crippen LogP contribution < -0.4 is 5.32 Å². The van der Waals surface area contributed by atoms with Crippen molar-refractivity contribution in [3.05, 3.63) is 29.8 Å². The number of nitrogens with zero attached hydrogens (tertiary/aromatic N) is 1. The summed E-state index contributed by atoms with van der Waals surface area (Å²) in [5.41, 5.74) is 1.28. The van der Waals surface area contributed by atoms with Gasteiger partial charge in [-0.05, 0) is 29.9 Å². The maximum absolute atomic E-state index is 8.83. The Morgan fingerprint density at radius 3 is 2.53 bits per heavy atom. The largest absolute Gasteiger partial charge is 0.311 e. The first-order valence-corrected chi connectivity index (χ1v) is 7.10. The van der Waals surface area contributed by atoms with E-state index in [0.29, 0.717) is 0 Å². The van der Waals surface area contributed by atoms with E-state index in [1.165, 1.54) is 10.5 Å². The van der Waals surface area contributed by atoms with Crippen LogP contribution in [0.4, 0.5) is 0 Å². The quantitative estimate of drug-likeness (QED) is 0.751. The van der Waals surface area contributed by atoms with Crippen molar-refractivity contribution in [2.45, 2.75) is 31.7 Å². The van der Waals surface area contributed by atoms with Crippen LogP contribution in [0.25, 0.3) is 0 Å². The second-order valence-electron chi connectivity index (χ2n) is 3.94. The van der Waals surface area contributed by atoms with Gasteiger partial charge in [0.15, 0.2) is 0 Å². The van der Waals surface area contributed by atoms with Gasteiger partial charge in [-0.15, -0.1) is 11.8 Å². The fourth-order valence-electron chi connectivity index (χ4n) is 1.54. The molecule has 0 amide bonds. The van der Waals surface area contributed by atoms with Crippen LogP contribution in [0.1, 0.15) is 25.8 Å². The van der Waals surface area contributed by atoms with Gasteiger partial charge in [-0.1, -0.05) is 26.0 Å². The molecule has 0 aromatic heterocycles. The summed E-state index contributed by atoms with van der Waals surface area (Å²) in [5.74, 6) is 1.24. The van der Waals surface area contributed by atoms with Crippen LogP contribution in [-0.4, -0.2) is 12.3 Å². The molecule has 0 bridgehead atoms. The zero-order valence-electron chi connectivity index (χ0n) is 10.6. The van der Waals surface area contributed by atoms with E-state index in [1.807, 2.05) is 18.7 Å². The molecule has 2 nitrogen and oxygen atoms in total. The van der Waals surface area contributed by atoms with Crippen LogP contribution in [0, 0.1) is 17.2 Å². The van der Waals surface area contributed by atoms with Crippen molar-refractivity contribution in [3.8, 4) is 6.07 Å². The summed E-state index contributed by atoms with van der Waals surface area (Å²) in [5, 5.41) is 12.2. The van der Waals surface area contributed by atoms with E-state index in [9.17, 15) is 0 Å². The monoisotopic (exact) mass is 248 g/mol. The number of rotatable bonds is 7. The lowest BCUT2D eigenvalue weighted by molar-refractivity contribution is 0.553. The van der Waals surface area contributed by atoms with E-state index >= 15 is 0 Å². The molecule has 1 unspecified atom stereocenters. The molecular weight excluding hydrogens is 228 g/mol. The highest BCUT2D eigenvalue weighted by Gasteiger charge is 2.02. The highest BCUT2D eigenvalue weighted by atomic mass is 32.2. The predicted molar refractivity (Wildman–Crippen MR) is 73.9 cm³/mol. The Balaban J connectivity index is 2.34. The summed E-state index contributed by atoms with van der Waals surface area (Å²) < 4.78 is 0. The Morgan fingerprint density at radius 1 is 1.29 bits per heavy atom. The highest BCUT2D eigenvalue weighted by molar-refractivity contribution is 7.99. The summed E-state index contributed by atoms with van der Waals surface area (Å²) >= 11 is 1.86. The van der Waals surface area contributed by atoms with E-state index < -0.39 is 0 Å². The molecule has 0 fully saturated rings. The number of thioether (sulfide) groups is 1. The van der Waals surface area contributed by atoms with Crippen molar-refractivity contribution >= 4 is 11.8 Å². The zero-order valence-corrected chi connectivity index (χ0v) is 11.4. The van der Waals surface area contributed by atoms with Crippen molar-refractivity contribution < 1.29 is 0 Å². The molecule has 1 aromatic rings. The van der Waals surface area contributed by atoms with Crippen molar-refractivity contribution in [1.82, 2.24) is 5.32 Å². The summed E-state index contributed by atoms with van der Waals surface area (Å²) in [6.07, 6.45) is 0.912. The van der Waals surface area contributed by atoms with Gasteiger partial charge in [0.25, 0.3) is 0 Å². The van der Waals surface area contributed by atoms with Gasteiger partial charge in [-0.3, -0.25) is 0 Å². The van der Waals surface area contributed by atoms with Gasteiger partial charge < -0.3 is 5.32 Å². The third-order valence-electron chi connectivity index (χ3n) is 2.63. The minimum atomic E-state index is 0.130. The van der Waals surface area contributed by atoms with Gasteiger partial charge >= 0.3 is 0 Å². The number of hydrogen-bond donors (Lipinski definition) is 1. The van der Waals surface area contributed by atoms with Crippen molar-refractivity contribution in [2.24, 2.45) is 5.92 Å². The van der Waals surface area contributed by atoms with Gasteiger partial charge in [0.05, 0.1) is 12.0 Å². The molecule has 0 heterocycles. The molecule has 1 N–H and O–H groups in total. The summed E-state index contributed by atoms with van der Waals surface area (Å²) in [6, 6.07) is 10.9. The third kappa shape index (κ3) is 5.25. The Kier molecular flexibility index (Phi) is 6.76. The standard InChI is InChI=1S/C14H20N2S/c1-3-12(9-15)10-16-11-13-5-7-14(8-6-13)17-4-2/h5-8,12,16H,3-4,10-11H2,1-2H3. The van der Waals surface area contributed by atoms with Crippen LogP contribution in [-0.2, 0) is 6.54 Å². The Bertz CT molecular complexity index is 353. The molecule has 0 saturated carbocycles. The normalized spacial score (nSPS) is 12.1. The Morgan fingerprint density at radius 2 is 2.00 bits per heavy atom. The van der Waals surface area contributed by atoms with Crippen LogP contribution in [0.3, 0.4) is 0 Å². The predicted octanol–water partition coefficient (Wildman–Crippen LogP) is 3.44. The average Bonchev–Trinajstić information content (AvgIpc) is 2.37. The van der Waals surface area contributed by atoms with E-state index in [4.69, 9.17) is 5.26 Å². The van der Waals surface area contributed by atoms with Crippen LogP contribution in [0.15, 0.2) is 29.2 Å². The fraction of sp³-hybridized carbons (Fsp3) is 0.500. The van der Waals surface area contributed by atoms with Gasteiger partial charge in [0.1, 0.15) is 0 Å². The zero-order chi connectivity index (χ0) is 12.5. The molecule has 0 radical (unpaired) electrons. The maximum atomic E-state index is 8.83. The van der Waals surface area contributed by atoms with E-state index in [0.717, 1.165) is 25.3 Å². The third-order valence-corrected chi connectivity index (χ3v) is 3.52. The maximum Gasteiger partial charge on any atom is 0.0669 e. The molecule has 3 heteroatoms. The molecule has 0 aliphatic rings. The smallest absolute Gasteiger partial charge is 0.0669 e. The molecule has 92 valence electrons. The average molecular weight is 248 g/mol. The van der Waals surface area contributed by atoms with E-state index in [2.05, 4.69) is 42.6 Å². The Labute approximate surface area is 108 Å². The second kappa shape index (κ2) is 8.16. The molecule has 1 atom stereocenters. The lowest BCUT2D eigenvalue weighted by atomic mass is 10.1. The van der Waals surface area contributed by atoms with Crippen molar-refractivity contribution in [3.63, 3.8) is 0 Å². The molecule has 1 aromatic carbocycles. The minimum absolute atomic E-state index is 0.130. The SMILES string of the molecule is CCSc1ccc(CNCC(C#N)CC)cc1.